The van der Waals surface area contributed by atoms with Crippen molar-refractivity contribution < 1.29 is 4.74 Å². The van der Waals surface area contributed by atoms with Crippen LogP contribution in [0.25, 0.3) is 11.3 Å². The molecule has 0 amide bonds. The summed E-state index contributed by atoms with van der Waals surface area (Å²) in [6.45, 7) is 0.703. The molecule has 1 aromatic carbocycles. The van der Waals surface area contributed by atoms with Crippen molar-refractivity contribution in [3.8, 4) is 17.0 Å². The van der Waals surface area contributed by atoms with Crippen molar-refractivity contribution in [3.05, 3.63) is 48.2 Å². The normalized spacial score (nSPS) is 10.3. The second-order valence-corrected chi connectivity index (χ2v) is 4.13. The summed E-state index contributed by atoms with van der Waals surface area (Å²) in [7, 11) is 1.67. The van der Waals surface area contributed by atoms with Gasteiger partial charge in [-0.05, 0) is 55.8 Å². The molecule has 3 heteroatoms. The maximum Gasteiger partial charge on any atom is 0.118 e. The van der Waals surface area contributed by atoms with E-state index in [-0.39, 0.29) is 0 Å². The van der Waals surface area contributed by atoms with E-state index in [0.717, 1.165) is 35.5 Å². The molecular weight excluding hydrogens is 224 g/mol. The third-order valence-corrected chi connectivity index (χ3v) is 2.83. The fourth-order valence-electron chi connectivity index (χ4n) is 1.82. The molecule has 0 atom stereocenters. The molecule has 2 aromatic rings. The molecule has 94 valence electrons. The fourth-order valence-corrected chi connectivity index (χ4v) is 1.82. The summed E-state index contributed by atoms with van der Waals surface area (Å²) in [6.07, 6.45) is 1.90. The van der Waals surface area contributed by atoms with E-state index >= 15 is 0 Å². The van der Waals surface area contributed by atoms with Crippen LogP contribution in [0, 0.1) is 0 Å². The molecule has 0 aliphatic rings. The summed E-state index contributed by atoms with van der Waals surface area (Å²) in [5.41, 5.74) is 8.70. The molecule has 0 fully saturated rings. The number of nitrogens with zero attached hydrogens (tertiary/aromatic N) is 1. The van der Waals surface area contributed by atoms with E-state index < -0.39 is 0 Å². The Morgan fingerprint density at radius 1 is 1.11 bits per heavy atom. The molecule has 0 saturated carbocycles. The van der Waals surface area contributed by atoms with Crippen molar-refractivity contribution in [1.29, 1.82) is 0 Å². The van der Waals surface area contributed by atoms with Crippen molar-refractivity contribution >= 4 is 0 Å². The molecule has 0 bridgehead atoms. The van der Waals surface area contributed by atoms with Crippen LogP contribution in [0.4, 0.5) is 0 Å². The molecule has 2 N–H and O–H groups in total. The molecular formula is C15H18N2O. The topological polar surface area (TPSA) is 48.1 Å². The average Bonchev–Trinajstić information content (AvgIpc) is 2.45. The third kappa shape index (κ3) is 3.08. The summed E-state index contributed by atoms with van der Waals surface area (Å²) < 4.78 is 5.15. The van der Waals surface area contributed by atoms with Crippen LogP contribution in [-0.4, -0.2) is 18.6 Å². The lowest BCUT2D eigenvalue weighted by Gasteiger charge is -2.05. The van der Waals surface area contributed by atoms with E-state index in [4.69, 9.17) is 10.5 Å². The van der Waals surface area contributed by atoms with E-state index in [2.05, 4.69) is 4.98 Å². The number of benzene rings is 1. The number of ether oxygens (including phenoxy) is 1. The maximum atomic E-state index is 5.52. The van der Waals surface area contributed by atoms with Gasteiger partial charge >= 0.3 is 0 Å². The monoisotopic (exact) mass is 242 g/mol. The van der Waals surface area contributed by atoms with Gasteiger partial charge in [0.05, 0.1) is 12.8 Å². The molecule has 1 heterocycles. The predicted molar refractivity (Wildman–Crippen MR) is 73.6 cm³/mol. The highest BCUT2D eigenvalue weighted by Crippen LogP contribution is 2.20. The van der Waals surface area contributed by atoms with E-state index in [1.807, 2.05) is 42.5 Å². The lowest BCUT2D eigenvalue weighted by molar-refractivity contribution is 0.415. The molecule has 0 aliphatic carbocycles. The van der Waals surface area contributed by atoms with Crippen molar-refractivity contribution in [1.82, 2.24) is 4.98 Å². The third-order valence-electron chi connectivity index (χ3n) is 2.83. The molecule has 18 heavy (non-hydrogen) atoms. The van der Waals surface area contributed by atoms with Crippen molar-refractivity contribution in [2.24, 2.45) is 5.73 Å². The summed E-state index contributed by atoms with van der Waals surface area (Å²) in [6, 6.07) is 14.0. The van der Waals surface area contributed by atoms with Crippen molar-refractivity contribution in [2.75, 3.05) is 13.7 Å². The number of rotatable bonds is 5. The Kier molecular flexibility index (Phi) is 4.31. The number of hydrogen-bond donors (Lipinski definition) is 1. The quantitative estimate of drug-likeness (QED) is 0.876. The highest BCUT2D eigenvalue weighted by atomic mass is 16.5. The molecule has 2 rings (SSSR count). The SMILES string of the molecule is COc1ccc(-c2cccc(CCCN)n2)cc1. The van der Waals surface area contributed by atoms with Crippen LogP contribution in [0.3, 0.4) is 0 Å². The number of nitrogens with two attached hydrogens (primary N) is 1. The largest absolute Gasteiger partial charge is 0.497 e. The first-order valence-electron chi connectivity index (χ1n) is 6.14. The minimum absolute atomic E-state index is 0.703. The Labute approximate surface area is 108 Å². The number of aromatic nitrogens is 1. The van der Waals surface area contributed by atoms with E-state index in [1.165, 1.54) is 0 Å². The van der Waals surface area contributed by atoms with Gasteiger partial charge in [0, 0.05) is 11.3 Å². The lowest BCUT2D eigenvalue weighted by atomic mass is 10.1. The van der Waals surface area contributed by atoms with Gasteiger partial charge < -0.3 is 10.5 Å². The first-order chi connectivity index (χ1) is 8.83. The minimum Gasteiger partial charge on any atom is -0.497 e. The van der Waals surface area contributed by atoms with Crippen LogP contribution in [0.1, 0.15) is 12.1 Å². The number of pyridine rings is 1. The van der Waals surface area contributed by atoms with Gasteiger partial charge in [-0.2, -0.15) is 0 Å². The second kappa shape index (κ2) is 6.17. The zero-order chi connectivity index (χ0) is 12.8. The number of hydrogen-bond acceptors (Lipinski definition) is 3. The molecule has 0 saturated heterocycles. The van der Waals surface area contributed by atoms with E-state index in [0.29, 0.717) is 6.54 Å². The van der Waals surface area contributed by atoms with Crippen LogP contribution in [0.5, 0.6) is 5.75 Å². The minimum atomic E-state index is 0.703. The number of aryl methyl sites for hydroxylation is 1. The van der Waals surface area contributed by atoms with E-state index in [9.17, 15) is 0 Å². The predicted octanol–water partition coefficient (Wildman–Crippen LogP) is 2.65. The van der Waals surface area contributed by atoms with Crippen molar-refractivity contribution in [3.63, 3.8) is 0 Å². The molecule has 0 aliphatic heterocycles. The summed E-state index contributed by atoms with van der Waals surface area (Å²) in [5, 5.41) is 0. The van der Waals surface area contributed by atoms with Crippen molar-refractivity contribution in [2.45, 2.75) is 12.8 Å². The Hall–Kier alpha value is -1.87. The second-order valence-electron chi connectivity index (χ2n) is 4.13. The van der Waals surface area contributed by atoms with Crippen LogP contribution in [0.15, 0.2) is 42.5 Å². The lowest BCUT2D eigenvalue weighted by Crippen LogP contribution is -2.01. The Morgan fingerprint density at radius 3 is 2.56 bits per heavy atom. The Morgan fingerprint density at radius 2 is 1.89 bits per heavy atom. The zero-order valence-electron chi connectivity index (χ0n) is 10.6. The Balaban J connectivity index is 2.20. The molecule has 0 spiro atoms. The molecule has 3 nitrogen and oxygen atoms in total. The highest BCUT2D eigenvalue weighted by Gasteiger charge is 2.01. The van der Waals surface area contributed by atoms with Crippen LogP contribution in [0.2, 0.25) is 0 Å². The van der Waals surface area contributed by atoms with E-state index in [1.54, 1.807) is 7.11 Å². The fraction of sp³-hybridized carbons (Fsp3) is 0.267. The van der Waals surface area contributed by atoms with Gasteiger partial charge in [0.25, 0.3) is 0 Å². The van der Waals surface area contributed by atoms with Crippen LogP contribution in [-0.2, 0) is 6.42 Å². The summed E-state index contributed by atoms with van der Waals surface area (Å²) in [4.78, 5) is 4.64. The molecule has 1 aromatic heterocycles. The maximum absolute atomic E-state index is 5.52. The first kappa shape index (κ1) is 12.6. The van der Waals surface area contributed by atoms with Crippen LogP contribution < -0.4 is 10.5 Å². The zero-order valence-corrected chi connectivity index (χ0v) is 10.6. The van der Waals surface area contributed by atoms with Crippen LogP contribution >= 0.6 is 0 Å². The van der Waals surface area contributed by atoms with Gasteiger partial charge in [-0.25, -0.2) is 0 Å². The first-order valence-corrected chi connectivity index (χ1v) is 6.14. The molecule has 0 unspecified atom stereocenters. The molecule has 0 radical (unpaired) electrons. The summed E-state index contributed by atoms with van der Waals surface area (Å²) >= 11 is 0. The highest BCUT2D eigenvalue weighted by molar-refractivity contribution is 5.60. The van der Waals surface area contributed by atoms with Gasteiger partial charge in [-0.15, -0.1) is 0 Å². The van der Waals surface area contributed by atoms with Gasteiger partial charge in [-0.3, -0.25) is 4.98 Å². The smallest absolute Gasteiger partial charge is 0.118 e. The average molecular weight is 242 g/mol. The Bertz CT molecular complexity index is 494. The van der Waals surface area contributed by atoms with Gasteiger partial charge in [0.1, 0.15) is 5.75 Å². The standard InChI is InChI=1S/C15H18N2O/c1-18-14-9-7-12(8-10-14)15-6-2-4-13(17-15)5-3-11-16/h2,4,6-10H,3,5,11,16H2,1H3. The van der Waals surface area contributed by atoms with Gasteiger partial charge in [0.15, 0.2) is 0 Å². The number of methoxy groups -OCH3 is 1. The summed E-state index contributed by atoms with van der Waals surface area (Å²) in [5.74, 6) is 0.859. The van der Waals surface area contributed by atoms with Gasteiger partial charge in [0.2, 0.25) is 0 Å². The van der Waals surface area contributed by atoms with Gasteiger partial charge in [-0.1, -0.05) is 6.07 Å².